The summed E-state index contributed by atoms with van der Waals surface area (Å²) in [6, 6.07) is 0.112. The molecule has 2 N–H and O–H groups in total. The molecule has 2 aliphatic heterocycles. The molecule has 2 saturated heterocycles. The standard InChI is InChI=1S/C20H33N3O3/c1-19(2)11-13(12-20(3,4)22-19)21-16(24)9-10-23-17(25)14-7-5-6-8-15(14)18(23)26/h13-15,22H,5-12H2,1-4H3,(H,21,24)/t14-,15-/m1/s1. The molecule has 0 aromatic rings. The second kappa shape index (κ2) is 6.95. The van der Waals surface area contributed by atoms with Gasteiger partial charge in [0.1, 0.15) is 0 Å². The van der Waals surface area contributed by atoms with Crippen molar-refractivity contribution >= 4 is 17.7 Å². The summed E-state index contributed by atoms with van der Waals surface area (Å²) in [5.41, 5.74) is -0.0629. The van der Waals surface area contributed by atoms with Crippen molar-refractivity contribution in [2.24, 2.45) is 11.8 Å². The summed E-state index contributed by atoms with van der Waals surface area (Å²) in [6.07, 6.45) is 5.61. The first-order valence-electron chi connectivity index (χ1n) is 10.0. The Morgan fingerprint density at radius 3 is 2.04 bits per heavy atom. The fraction of sp³-hybridized carbons (Fsp3) is 0.850. The molecule has 146 valence electrons. The zero-order chi connectivity index (χ0) is 19.1. The summed E-state index contributed by atoms with van der Waals surface area (Å²) in [7, 11) is 0. The highest BCUT2D eigenvalue weighted by molar-refractivity contribution is 6.05. The van der Waals surface area contributed by atoms with Gasteiger partial charge in [-0.3, -0.25) is 19.3 Å². The lowest BCUT2D eigenvalue weighted by atomic mass is 9.79. The number of likely N-dealkylation sites (tertiary alicyclic amines) is 1. The zero-order valence-corrected chi connectivity index (χ0v) is 16.6. The first-order chi connectivity index (χ1) is 12.1. The predicted octanol–water partition coefficient (Wildman–Crippen LogP) is 1.98. The third-order valence-corrected chi connectivity index (χ3v) is 6.05. The highest BCUT2D eigenvalue weighted by Crippen LogP contribution is 2.38. The van der Waals surface area contributed by atoms with Crippen LogP contribution in [0.15, 0.2) is 0 Å². The number of hydrogen-bond acceptors (Lipinski definition) is 4. The average molecular weight is 364 g/mol. The van der Waals surface area contributed by atoms with E-state index >= 15 is 0 Å². The lowest BCUT2D eigenvalue weighted by Gasteiger charge is -2.46. The van der Waals surface area contributed by atoms with Gasteiger partial charge in [-0.1, -0.05) is 12.8 Å². The number of fused-ring (bicyclic) bond motifs is 1. The smallest absolute Gasteiger partial charge is 0.233 e. The van der Waals surface area contributed by atoms with Gasteiger partial charge in [-0.15, -0.1) is 0 Å². The van der Waals surface area contributed by atoms with E-state index in [4.69, 9.17) is 0 Å². The number of nitrogens with one attached hydrogen (secondary N) is 2. The number of amides is 3. The van der Waals surface area contributed by atoms with Gasteiger partial charge in [0.15, 0.2) is 0 Å². The summed E-state index contributed by atoms with van der Waals surface area (Å²) < 4.78 is 0. The van der Waals surface area contributed by atoms with E-state index < -0.39 is 0 Å². The summed E-state index contributed by atoms with van der Waals surface area (Å²) >= 11 is 0. The van der Waals surface area contributed by atoms with E-state index in [1.807, 2.05) is 0 Å². The molecule has 0 aromatic heterocycles. The Morgan fingerprint density at radius 1 is 1.04 bits per heavy atom. The summed E-state index contributed by atoms with van der Waals surface area (Å²) in [5, 5.41) is 6.72. The first kappa shape index (κ1) is 19.3. The Morgan fingerprint density at radius 2 is 1.54 bits per heavy atom. The molecular formula is C20H33N3O3. The normalized spacial score (nSPS) is 31.0. The van der Waals surface area contributed by atoms with Crippen molar-refractivity contribution in [2.75, 3.05) is 6.54 Å². The van der Waals surface area contributed by atoms with Crippen LogP contribution in [0.1, 0.15) is 72.6 Å². The van der Waals surface area contributed by atoms with Gasteiger partial charge in [-0.2, -0.15) is 0 Å². The number of nitrogens with zero attached hydrogens (tertiary/aromatic N) is 1. The van der Waals surface area contributed by atoms with Crippen LogP contribution in [0, 0.1) is 11.8 Å². The molecule has 3 aliphatic rings. The van der Waals surface area contributed by atoms with Crippen LogP contribution < -0.4 is 10.6 Å². The third-order valence-electron chi connectivity index (χ3n) is 6.05. The van der Waals surface area contributed by atoms with Gasteiger partial charge < -0.3 is 10.6 Å². The van der Waals surface area contributed by atoms with Crippen LogP contribution in [-0.2, 0) is 14.4 Å². The number of carbonyl (C=O) groups excluding carboxylic acids is 3. The topological polar surface area (TPSA) is 78.5 Å². The monoisotopic (exact) mass is 363 g/mol. The maximum absolute atomic E-state index is 12.5. The Kier molecular flexibility index (Phi) is 5.17. The molecule has 0 aromatic carbocycles. The van der Waals surface area contributed by atoms with Crippen molar-refractivity contribution in [3.8, 4) is 0 Å². The SMILES string of the molecule is CC1(C)CC(NC(=O)CCN2C(=O)[C@@H]3CCCC[C@H]3C2=O)CC(C)(C)N1. The first-order valence-corrected chi connectivity index (χ1v) is 10.0. The molecular weight excluding hydrogens is 330 g/mol. The van der Waals surface area contributed by atoms with E-state index in [-0.39, 0.29) is 59.6 Å². The van der Waals surface area contributed by atoms with E-state index in [1.54, 1.807) is 0 Å². The maximum Gasteiger partial charge on any atom is 0.233 e. The summed E-state index contributed by atoms with van der Waals surface area (Å²) in [4.78, 5) is 38.8. The second-order valence-electron chi connectivity index (χ2n) is 9.64. The van der Waals surface area contributed by atoms with Crippen molar-refractivity contribution < 1.29 is 14.4 Å². The van der Waals surface area contributed by atoms with Crippen LogP contribution in [0.2, 0.25) is 0 Å². The van der Waals surface area contributed by atoms with Crippen molar-refractivity contribution in [1.82, 2.24) is 15.5 Å². The highest BCUT2D eigenvalue weighted by atomic mass is 16.2. The van der Waals surface area contributed by atoms with Gasteiger partial charge in [0, 0.05) is 30.1 Å². The molecule has 0 radical (unpaired) electrons. The molecule has 0 bridgehead atoms. The van der Waals surface area contributed by atoms with E-state index in [0.717, 1.165) is 38.5 Å². The number of hydrogen-bond donors (Lipinski definition) is 2. The Hall–Kier alpha value is -1.43. The van der Waals surface area contributed by atoms with Crippen LogP contribution in [0.25, 0.3) is 0 Å². The molecule has 6 heteroatoms. The van der Waals surface area contributed by atoms with Crippen LogP contribution in [-0.4, -0.2) is 46.3 Å². The minimum absolute atomic E-state index is 0.0315. The molecule has 0 spiro atoms. The van der Waals surface area contributed by atoms with Gasteiger partial charge in [0.25, 0.3) is 0 Å². The number of piperidine rings is 1. The number of rotatable bonds is 4. The van der Waals surface area contributed by atoms with Crippen molar-refractivity contribution in [3.05, 3.63) is 0 Å². The lowest BCUT2D eigenvalue weighted by molar-refractivity contribution is -0.140. The summed E-state index contributed by atoms with van der Waals surface area (Å²) in [6.45, 7) is 8.81. The molecule has 1 aliphatic carbocycles. The molecule has 0 unspecified atom stereocenters. The van der Waals surface area contributed by atoms with Gasteiger partial charge >= 0.3 is 0 Å². The van der Waals surface area contributed by atoms with Gasteiger partial charge in [0.2, 0.25) is 17.7 Å². The summed E-state index contributed by atoms with van der Waals surface area (Å²) in [5.74, 6) is -0.456. The Balaban J connectivity index is 1.53. The van der Waals surface area contributed by atoms with E-state index in [9.17, 15) is 14.4 Å². The van der Waals surface area contributed by atoms with E-state index in [0.29, 0.717) is 0 Å². The lowest BCUT2D eigenvalue weighted by Crippen LogP contribution is -2.62. The molecule has 3 fully saturated rings. The molecule has 2 atom stereocenters. The van der Waals surface area contributed by atoms with E-state index in [2.05, 4.69) is 38.3 Å². The van der Waals surface area contributed by atoms with Gasteiger partial charge in [-0.25, -0.2) is 0 Å². The fourth-order valence-corrected chi connectivity index (χ4v) is 5.39. The molecule has 3 rings (SSSR count). The quantitative estimate of drug-likeness (QED) is 0.749. The minimum Gasteiger partial charge on any atom is -0.353 e. The van der Waals surface area contributed by atoms with Crippen molar-refractivity contribution in [2.45, 2.75) is 89.8 Å². The fourth-order valence-electron chi connectivity index (χ4n) is 5.39. The molecule has 3 amide bonds. The Bertz CT molecular complexity index is 559. The van der Waals surface area contributed by atoms with Crippen molar-refractivity contribution in [1.29, 1.82) is 0 Å². The van der Waals surface area contributed by atoms with Crippen molar-refractivity contribution in [3.63, 3.8) is 0 Å². The van der Waals surface area contributed by atoms with Gasteiger partial charge in [-0.05, 0) is 53.4 Å². The number of carbonyl (C=O) groups is 3. The van der Waals surface area contributed by atoms with Gasteiger partial charge in [0.05, 0.1) is 11.8 Å². The van der Waals surface area contributed by atoms with Crippen LogP contribution in [0.5, 0.6) is 0 Å². The molecule has 6 nitrogen and oxygen atoms in total. The molecule has 26 heavy (non-hydrogen) atoms. The van der Waals surface area contributed by atoms with Crippen LogP contribution in [0.3, 0.4) is 0 Å². The third kappa shape index (κ3) is 4.11. The largest absolute Gasteiger partial charge is 0.353 e. The zero-order valence-electron chi connectivity index (χ0n) is 16.6. The maximum atomic E-state index is 12.5. The highest BCUT2D eigenvalue weighted by Gasteiger charge is 2.48. The van der Waals surface area contributed by atoms with Crippen LogP contribution in [0.4, 0.5) is 0 Å². The minimum atomic E-state index is -0.134. The Labute approximate surface area is 156 Å². The van der Waals surface area contributed by atoms with E-state index in [1.165, 1.54) is 4.90 Å². The van der Waals surface area contributed by atoms with Crippen LogP contribution >= 0.6 is 0 Å². The average Bonchev–Trinajstić information content (AvgIpc) is 2.74. The number of imide groups is 1. The molecule has 2 heterocycles. The predicted molar refractivity (Wildman–Crippen MR) is 99.2 cm³/mol. The molecule has 1 saturated carbocycles. The second-order valence-corrected chi connectivity index (χ2v) is 9.64.